The highest BCUT2D eigenvalue weighted by atomic mass is 32.2. The van der Waals surface area contributed by atoms with Gasteiger partial charge in [0.15, 0.2) is 5.16 Å². The SMILES string of the molecule is COc1ccc(OC)c(C(=O)NCCc2nnc(SCC3CCCO3)n2-c2ccccc2F)c1. The second-order valence-corrected chi connectivity index (χ2v) is 8.69. The van der Waals surface area contributed by atoms with Crippen LogP contribution in [0.15, 0.2) is 47.6 Å². The monoisotopic (exact) mass is 486 g/mol. The minimum absolute atomic E-state index is 0.163. The maximum absolute atomic E-state index is 14.7. The van der Waals surface area contributed by atoms with Crippen LogP contribution in [-0.2, 0) is 11.2 Å². The number of rotatable bonds is 10. The Balaban J connectivity index is 1.49. The Kier molecular flexibility index (Phi) is 8.02. The number of thioether (sulfide) groups is 1. The van der Waals surface area contributed by atoms with Gasteiger partial charge in [-0.1, -0.05) is 23.9 Å². The van der Waals surface area contributed by atoms with Crippen LogP contribution in [0, 0.1) is 5.82 Å². The van der Waals surface area contributed by atoms with Crippen LogP contribution in [0.5, 0.6) is 11.5 Å². The molecular weight excluding hydrogens is 459 g/mol. The molecular formula is C24H27FN4O4S. The predicted octanol–water partition coefficient (Wildman–Crippen LogP) is 3.67. The number of para-hydroxylation sites is 1. The number of methoxy groups -OCH3 is 2. The summed E-state index contributed by atoms with van der Waals surface area (Å²) in [4.78, 5) is 12.8. The smallest absolute Gasteiger partial charge is 0.255 e. The van der Waals surface area contributed by atoms with Gasteiger partial charge in [0.1, 0.15) is 23.1 Å². The summed E-state index contributed by atoms with van der Waals surface area (Å²) in [6.07, 6.45) is 2.58. The van der Waals surface area contributed by atoms with Gasteiger partial charge in [0.05, 0.1) is 31.6 Å². The highest BCUT2D eigenvalue weighted by molar-refractivity contribution is 7.99. The molecule has 1 aromatic heterocycles. The summed E-state index contributed by atoms with van der Waals surface area (Å²) in [5.74, 6) is 1.60. The predicted molar refractivity (Wildman–Crippen MR) is 127 cm³/mol. The van der Waals surface area contributed by atoms with Crippen LogP contribution < -0.4 is 14.8 Å². The molecule has 2 aromatic carbocycles. The number of aromatic nitrogens is 3. The number of ether oxygens (including phenoxy) is 3. The molecule has 1 amide bonds. The molecule has 180 valence electrons. The van der Waals surface area contributed by atoms with Crippen molar-refractivity contribution in [2.45, 2.75) is 30.5 Å². The van der Waals surface area contributed by atoms with Gasteiger partial charge in [0.25, 0.3) is 5.91 Å². The minimum Gasteiger partial charge on any atom is -0.497 e. The number of hydrogen-bond acceptors (Lipinski definition) is 7. The van der Waals surface area contributed by atoms with E-state index >= 15 is 0 Å². The molecule has 1 aliphatic heterocycles. The normalized spacial score (nSPS) is 15.3. The van der Waals surface area contributed by atoms with Gasteiger partial charge < -0.3 is 19.5 Å². The first-order valence-corrected chi connectivity index (χ1v) is 12.0. The first-order chi connectivity index (χ1) is 16.6. The van der Waals surface area contributed by atoms with E-state index < -0.39 is 0 Å². The largest absolute Gasteiger partial charge is 0.497 e. The van der Waals surface area contributed by atoms with E-state index in [0.717, 1.165) is 25.2 Å². The quantitative estimate of drug-likeness (QED) is 0.438. The fourth-order valence-corrected chi connectivity index (χ4v) is 4.78. The summed E-state index contributed by atoms with van der Waals surface area (Å²) in [5.41, 5.74) is 0.739. The van der Waals surface area contributed by atoms with Gasteiger partial charge >= 0.3 is 0 Å². The van der Waals surface area contributed by atoms with E-state index in [9.17, 15) is 9.18 Å². The number of halogens is 1. The van der Waals surface area contributed by atoms with Crippen molar-refractivity contribution < 1.29 is 23.4 Å². The molecule has 1 N–H and O–H groups in total. The summed E-state index contributed by atoms with van der Waals surface area (Å²) in [6, 6.07) is 11.5. The molecule has 1 fully saturated rings. The van der Waals surface area contributed by atoms with Crippen molar-refractivity contribution in [1.82, 2.24) is 20.1 Å². The molecule has 0 aliphatic carbocycles. The fraction of sp³-hybridized carbons (Fsp3) is 0.375. The Morgan fingerprint density at radius 1 is 1.24 bits per heavy atom. The van der Waals surface area contributed by atoms with E-state index in [1.165, 1.54) is 32.0 Å². The first kappa shape index (κ1) is 24.0. The van der Waals surface area contributed by atoms with Gasteiger partial charge in [-0.3, -0.25) is 9.36 Å². The van der Waals surface area contributed by atoms with Gasteiger partial charge in [0.2, 0.25) is 0 Å². The number of nitrogens with zero attached hydrogens (tertiary/aromatic N) is 3. The number of carbonyl (C=O) groups is 1. The van der Waals surface area contributed by atoms with E-state index in [2.05, 4.69) is 15.5 Å². The van der Waals surface area contributed by atoms with Crippen molar-refractivity contribution in [3.63, 3.8) is 0 Å². The molecule has 1 aliphatic rings. The van der Waals surface area contributed by atoms with Gasteiger partial charge in [-0.2, -0.15) is 0 Å². The van der Waals surface area contributed by atoms with Crippen molar-refractivity contribution in [2.75, 3.05) is 33.1 Å². The van der Waals surface area contributed by atoms with E-state index in [1.54, 1.807) is 41.0 Å². The second kappa shape index (κ2) is 11.3. The van der Waals surface area contributed by atoms with Gasteiger partial charge in [0, 0.05) is 25.3 Å². The highest BCUT2D eigenvalue weighted by Gasteiger charge is 2.21. The Bertz CT molecular complexity index is 1130. The van der Waals surface area contributed by atoms with Crippen LogP contribution in [0.4, 0.5) is 4.39 Å². The Morgan fingerprint density at radius 2 is 2.09 bits per heavy atom. The van der Waals surface area contributed by atoms with Crippen LogP contribution >= 0.6 is 11.8 Å². The number of hydrogen-bond donors (Lipinski definition) is 1. The highest BCUT2D eigenvalue weighted by Crippen LogP contribution is 2.27. The lowest BCUT2D eigenvalue weighted by atomic mass is 10.1. The minimum atomic E-state index is -0.368. The Labute approximate surface area is 201 Å². The Hall–Kier alpha value is -3.11. The lowest BCUT2D eigenvalue weighted by Gasteiger charge is -2.13. The molecule has 1 unspecified atom stereocenters. The van der Waals surface area contributed by atoms with Crippen LogP contribution in [0.25, 0.3) is 5.69 Å². The van der Waals surface area contributed by atoms with Gasteiger partial charge in [-0.05, 0) is 43.2 Å². The molecule has 2 heterocycles. The lowest BCUT2D eigenvalue weighted by molar-refractivity contribution is 0.0950. The number of benzene rings is 2. The maximum atomic E-state index is 14.7. The van der Waals surface area contributed by atoms with Crippen LogP contribution in [0.2, 0.25) is 0 Å². The van der Waals surface area contributed by atoms with Crippen LogP contribution in [-0.4, -0.2) is 59.9 Å². The average Bonchev–Trinajstić information content (AvgIpc) is 3.52. The third-order valence-electron chi connectivity index (χ3n) is 5.50. The van der Waals surface area contributed by atoms with Crippen molar-refractivity contribution in [2.24, 2.45) is 0 Å². The van der Waals surface area contributed by atoms with Gasteiger partial charge in [-0.25, -0.2) is 4.39 Å². The van der Waals surface area contributed by atoms with E-state index in [4.69, 9.17) is 14.2 Å². The fourth-order valence-electron chi connectivity index (χ4n) is 3.75. The van der Waals surface area contributed by atoms with Crippen molar-refractivity contribution in [1.29, 1.82) is 0 Å². The third kappa shape index (κ3) is 5.51. The summed E-state index contributed by atoms with van der Waals surface area (Å²) in [7, 11) is 3.04. The van der Waals surface area contributed by atoms with E-state index in [0.29, 0.717) is 40.2 Å². The third-order valence-corrected chi connectivity index (χ3v) is 6.56. The summed E-state index contributed by atoms with van der Waals surface area (Å²) in [5, 5.41) is 12.1. The summed E-state index contributed by atoms with van der Waals surface area (Å²) >= 11 is 1.49. The number of nitrogens with one attached hydrogen (secondary N) is 1. The Morgan fingerprint density at radius 3 is 2.82 bits per heavy atom. The molecule has 0 saturated carbocycles. The molecule has 1 saturated heterocycles. The van der Waals surface area contributed by atoms with Gasteiger partial charge in [-0.15, -0.1) is 10.2 Å². The standard InChI is InChI=1S/C24H27FN4O4S/c1-31-16-9-10-21(32-2)18(14-16)23(30)26-12-11-22-27-28-24(34-15-17-6-5-13-33-17)29(22)20-8-4-3-7-19(20)25/h3-4,7-10,14,17H,5-6,11-13,15H2,1-2H3,(H,26,30). The second-order valence-electron chi connectivity index (χ2n) is 7.70. The molecule has 34 heavy (non-hydrogen) atoms. The lowest BCUT2D eigenvalue weighted by Crippen LogP contribution is -2.27. The van der Waals surface area contributed by atoms with E-state index in [-0.39, 0.29) is 24.4 Å². The average molecular weight is 487 g/mol. The van der Waals surface area contributed by atoms with Crippen molar-refractivity contribution in [3.05, 3.63) is 59.7 Å². The number of amides is 1. The van der Waals surface area contributed by atoms with Crippen molar-refractivity contribution in [3.8, 4) is 17.2 Å². The molecule has 10 heteroatoms. The van der Waals surface area contributed by atoms with Crippen molar-refractivity contribution >= 4 is 17.7 Å². The topological polar surface area (TPSA) is 87.5 Å². The molecule has 1 atom stereocenters. The van der Waals surface area contributed by atoms with Crippen LogP contribution in [0.1, 0.15) is 29.0 Å². The zero-order chi connectivity index (χ0) is 23.9. The zero-order valence-corrected chi connectivity index (χ0v) is 19.9. The summed E-state index contributed by atoms with van der Waals surface area (Å²) in [6.45, 7) is 1.05. The molecule has 0 bridgehead atoms. The number of carbonyl (C=O) groups excluding carboxylic acids is 1. The molecule has 8 nitrogen and oxygen atoms in total. The molecule has 3 aromatic rings. The van der Waals surface area contributed by atoms with Crippen LogP contribution in [0.3, 0.4) is 0 Å². The molecule has 0 radical (unpaired) electrons. The maximum Gasteiger partial charge on any atom is 0.255 e. The van der Waals surface area contributed by atoms with E-state index in [1.807, 2.05) is 0 Å². The summed E-state index contributed by atoms with van der Waals surface area (Å²) < 4.78 is 32.6. The molecule has 0 spiro atoms. The molecule has 4 rings (SSSR count). The zero-order valence-electron chi connectivity index (χ0n) is 19.1. The first-order valence-electron chi connectivity index (χ1n) is 11.0.